The van der Waals surface area contributed by atoms with E-state index in [-0.39, 0.29) is 16.5 Å². The van der Waals surface area contributed by atoms with Gasteiger partial charge in [-0.15, -0.1) is 0 Å². The van der Waals surface area contributed by atoms with Crippen molar-refractivity contribution in [2.75, 3.05) is 7.11 Å². The number of hydrogen-bond acceptors (Lipinski definition) is 6. The quantitative estimate of drug-likeness (QED) is 0.561. The highest BCUT2D eigenvalue weighted by atomic mass is 35.5. The summed E-state index contributed by atoms with van der Waals surface area (Å²) in [5, 5.41) is 0.0410. The first kappa shape index (κ1) is 18.8. The average Bonchev–Trinajstić information content (AvgIpc) is 2.94. The van der Waals surface area contributed by atoms with Crippen molar-refractivity contribution in [3.8, 4) is 5.75 Å². The molecule has 0 saturated carbocycles. The lowest BCUT2D eigenvalue weighted by molar-refractivity contribution is -0.147. The molecule has 2 aromatic rings. The molecule has 0 saturated heterocycles. The van der Waals surface area contributed by atoms with Gasteiger partial charge < -0.3 is 9.47 Å². The predicted molar refractivity (Wildman–Crippen MR) is 99.8 cm³/mol. The van der Waals surface area contributed by atoms with E-state index < -0.39 is 17.9 Å². The topological polar surface area (TPSA) is 57.8 Å². The van der Waals surface area contributed by atoms with Crippen LogP contribution in [-0.4, -0.2) is 28.5 Å². The molecule has 1 aromatic carbocycles. The van der Waals surface area contributed by atoms with Crippen molar-refractivity contribution in [1.29, 1.82) is 0 Å². The number of ether oxygens (including phenoxy) is 2. The van der Waals surface area contributed by atoms with Crippen LogP contribution in [0.25, 0.3) is 6.20 Å². The van der Waals surface area contributed by atoms with Crippen LogP contribution in [0.3, 0.4) is 0 Å². The summed E-state index contributed by atoms with van der Waals surface area (Å²) in [4.78, 5) is 16.5. The molecule has 0 amide bonds. The molecule has 10 heteroatoms. The van der Waals surface area contributed by atoms with Gasteiger partial charge in [0.25, 0.3) is 0 Å². The number of nitrogens with zero attached hydrogens (tertiary/aromatic N) is 3. The van der Waals surface area contributed by atoms with Crippen LogP contribution in [0.2, 0.25) is 5.02 Å². The Hall–Kier alpha value is -1.97. The van der Waals surface area contributed by atoms with Crippen LogP contribution in [0.5, 0.6) is 5.75 Å². The van der Waals surface area contributed by atoms with Crippen molar-refractivity contribution in [1.82, 2.24) is 9.36 Å². The van der Waals surface area contributed by atoms with Gasteiger partial charge in [-0.05, 0) is 31.6 Å². The van der Waals surface area contributed by atoms with Crippen molar-refractivity contribution in [2.24, 2.45) is 4.99 Å². The van der Waals surface area contributed by atoms with Gasteiger partial charge in [0.15, 0.2) is 15.9 Å². The number of carbonyl (C=O) groups excluding carboxylic acids is 1. The molecule has 1 atom stereocenters. The Morgan fingerprint density at radius 2 is 2.27 bits per heavy atom. The minimum absolute atomic E-state index is 0.0410. The fourth-order valence-electron chi connectivity index (χ4n) is 2.37. The Morgan fingerprint density at radius 3 is 3.00 bits per heavy atom. The zero-order valence-corrected chi connectivity index (χ0v) is 16.3. The third-order valence-corrected chi connectivity index (χ3v) is 5.23. The highest BCUT2D eigenvalue weighted by Crippen LogP contribution is 2.32. The third kappa shape index (κ3) is 3.74. The highest BCUT2D eigenvalue weighted by Gasteiger charge is 2.18. The fraction of sp³-hybridized carbons (Fsp3) is 0.312. The van der Waals surface area contributed by atoms with Gasteiger partial charge in [-0.2, -0.15) is 0 Å². The molecule has 3 rings (SSSR count). The number of allylic oxidation sites excluding steroid dienone is 1. The Morgan fingerprint density at radius 1 is 1.50 bits per heavy atom. The van der Waals surface area contributed by atoms with Crippen LogP contribution in [-0.2, 0) is 16.1 Å². The molecule has 0 fully saturated rings. The zero-order chi connectivity index (χ0) is 18.8. The maximum absolute atomic E-state index is 14.3. The lowest BCUT2D eigenvalue weighted by atomic mass is 10.3. The molecule has 1 unspecified atom stereocenters. The van der Waals surface area contributed by atoms with Gasteiger partial charge in [-0.25, -0.2) is 18.9 Å². The van der Waals surface area contributed by atoms with E-state index in [9.17, 15) is 9.18 Å². The van der Waals surface area contributed by atoms with E-state index >= 15 is 0 Å². The van der Waals surface area contributed by atoms with E-state index in [0.29, 0.717) is 15.3 Å². The van der Waals surface area contributed by atoms with Crippen LogP contribution in [0, 0.1) is 9.77 Å². The lowest BCUT2D eigenvalue weighted by Gasteiger charge is -2.14. The molecule has 26 heavy (non-hydrogen) atoms. The monoisotopic (exact) mass is 415 g/mol. The minimum atomic E-state index is -0.889. The summed E-state index contributed by atoms with van der Waals surface area (Å²) < 4.78 is 28.7. The van der Waals surface area contributed by atoms with Gasteiger partial charge in [0, 0.05) is 18.8 Å². The zero-order valence-electron chi connectivity index (χ0n) is 13.9. The maximum Gasteiger partial charge on any atom is 0.346 e. The van der Waals surface area contributed by atoms with E-state index in [4.69, 9.17) is 28.6 Å². The summed E-state index contributed by atoms with van der Waals surface area (Å²) in [6, 6.07) is 2.46. The maximum atomic E-state index is 14.3. The van der Waals surface area contributed by atoms with E-state index in [1.54, 1.807) is 4.68 Å². The van der Waals surface area contributed by atoms with Crippen LogP contribution in [0.4, 0.5) is 10.1 Å². The molecule has 0 bridgehead atoms. The number of halogens is 2. The van der Waals surface area contributed by atoms with Crippen LogP contribution in [0.15, 0.2) is 23.2 Å². The molecule has 1 aliphatic rings. The SMILES string of the molecule is COC(=O)C(C)Oc1cc(N=c2sc(=S)n3n2CCC=C3)c(F)cc1Cl. The number of fused-ring (bicyclic) bond motifs is 1. The largest absolute Gasteiger partial charge is 0.477 e. The van der Waals surface area contributed by atoms with Crippen LogP contribution < -0.4 is 9.54 Å². The number of esters is 1. The van der Waals surface area contributed by atoms with E-state index in [1.807, 2.05) is 17.0 Å². The average molecular weight is 416 g/mol. The first-order valence-electron chi connectivity index (χ1n) is 7.68. The van der Waals surface area contributed by atoms with Crippen molar-refractivity contribution < 1.29 is 18.7 Å². The second-order valence-corrected chi connectivity index (χ2v) is 7.43. The lowest BCUT2D eigenvalue weighted by Crippen LogP contribution is -2.25. The molecule has 0 radical (unpaired) electrons. The number of rotatable bonds is 4. The van der Waals surface area contributed by atoms with Gasteiger partial charge >= 0.3 is 5.97 Å². The summed E-state index contributed by atoms with van der Waals surface area (Å²) in [5.41, 5.74) is 0.0446. The molecular weight excluding hydrogens is 401 g/mol. The Kier molecular flexibility index (Phi) is 5.59. The van der Waals surface area contributed by atoms with E-state index in [2.05, 4.69) is 9.73 Å². The smallest absolute Gasteiger partial charge is 0.346 e. The van der Waals surface area contributed by atoms with E-state index in [0.717, 1.165) is 12.5 Å². The fourth-order valence-corrected chi connectivity index (χ4v) is 3.78. The normalized spacial score (nSPS) is 14.8. The van der Waals surface area contributed by atoms with Gasteiger partial charge in [0.1, 0.15) is 11.4 Å². The second-order valence-electron chi connectivity index (χ2n) is 5.42. The Bertz CT molecular complexity index is 1010. The standard InChI is InChI=1S/C16H15ClFN3O3S2/c1-9(14(22)23-2)24-13-8-12(11(18)7-10(13)17)19-15-20-5-3-4-6-21(20)16(25)26-15/h4,6-9H,3,5H2,1-2H3. The summed E-state index contributed by atoms with van der Waals surface area (Å²) >= 11 is 12.6. The molecule has 0 spiro atoms. The van der Waals surface area contributed by atoms with Gasteiger partial charge in [0.2, 0.25) is 4.80 Å². The van der Waals surface area contributed by atoms with Crippen LogP contribution >= 0.6 is 35.2 Å². The second kappa shape index (κ2) is 7.73. The number of benzene rings is 1. The van der Waals surface area contributed by atoms with Gasteiger partial charge in [0.05, 0.1) is 12.1 Å². The van der Waals surface area contributed by atoms with Crippen LogP contribution in [0.1, 0.15) is 13.3 Å². The summed E-state index contributed by atoms with van der Waals surface area (Å²) in [7, 11) is 1.25. The van der Waals surface area contributed by atoms with Gasteiger partial charge in [-0.3, -0.25) is 4.68 Å². The van der Waals surface area contributed by atoms with Crippen molar-refractivity contribution >= 4 is 53.0 Å². The predicted octanol–water partition coefficient (Wildman–Crippen LogP) is 3.92. The molecule has 1 aromatic heterocycles. The molecule has 138 valence electrons. The number of aromatic nitrogens is 2. The Balaban J connectivity index is 2.04. The minimum Gasteiger partial charge on any atom is -0.477 e. The van der Waals surface area contributed by atoms with Crippen molar-refractivity contribution in [3.63, 3.8) is 0 Å². The molecule has 0 aliphatic carbocycles. The van der Waals surface area contributed by atoms with Gasteiger partial charge in [-0.1, -0.05) is 29.0 Å². The van der Waals surface area contributed by atoms with Crippen molar-refractivity contribution in [3.05, 3.63) is 37.8 Å². The number of hydrogen-bond donors (Lipinski definition) is 0. The summed E-state index contributed by atoms with van der Waals surface area (Å²) in [6.45, 7) is 2.21. The highest BCUT2D eigenvalue weighted by molar-refractivity contribution is 7.73. The van der Waals surface area contributed by atoms with Crippen molar-refractivity contribution in [2.45, 2.75) is 26.0 Å². The molecule has 0 N–H and O–H groups in total. The third-order valence-electron chi connectivity index (χ3n) is 3.66. The first-order valence-corrected chi connectivity index (χ1v) is 9.28. The Labute approximate surface area is 162 Å². The summed E-state index contributed by atoms with van der Waals surface area (Å²) in [6.07, 6.45) is 3.83. The molecule has 1 aliphatic heterocycles. The molecule has 2 heterocycles. The number of methoxy groups -OCH3 is 1. The summed E-state index contributed by atoms with van der Waals surface area (Å²) in [5.74, 6) is -1.02. The number of carbonyl (C=O) groups is 1. The van der Waals surface area contributed by atoms with E-state index in [1.165, 1.54) is 31.4 Å². The first-order chi connectivity index (χ1) is 12.4. The molecule has 6 nitrogen and oxygen atoms in total. The molecular formula is C16H15ClFN3O3S2.